The zero-order valence-electron chi connectivity index (χ0n) is 10.1. The number of amides is 1. The van der Waals surface area contributed by atoms with Gasteiger partial charge in [0.1, 0.15) is 5.69 Å². The van der Waals surface area contributed by atoms with Crippen molar-refractivity contribution in [2.45, 2.75) is 13.0 Å². The molecule has 1 aromatic carbocycles. The molecule has 0 bridgehead atoms. The molecule has 1 rings (SSSR count). The Balaban J connectivity index is 3.20. The molecule has 0 aliphatic carbocycles. The molecule has 0 aliphatic heterocycles. The predicted molar refractivity (Wildman–Crippen MR) is 68.4 cm³/mol. The largest absolute Gasteiger partial charge is 0.366 e. The number of nitro groups is 1. The van der Waals surface area contributed by atoms with Crippen molar-refractivity contribution in [1.82, 2.24) is 5.32 Å². The minimum atomic E-state index is -0.529. The molecule has 6 heteroatoms. The summed E-state index contributed by atoms with van der Waals surface area (Å²) < 4.78 is 0. The van der Waals surface area contributed by atoms with Crippen LogP contribution in [-0.4, -0.2) is 23.9 Å². The maximum absolute atomic E-state index is 11.5. The quantitative estimate of drug-likeness (QED) is 0.478. The van der Waals surface area contributed by atoms with Gasteiger partial charge >= 0.3 is 0 Å². The van der Waals surface area contributed by atoms with E-state index in [-0.39, 0.29) is 23.3 Å². The average molecular weight is 247 g/mol. The summed E-state index contributed by atoms with van der Waals surface area (Å²) in [4.78, 5) is 21.8. The molecule has 0 aromatic heterocycles. The molecule has 0 heterocycles. The second-order valence-electron chi connectivity index (χ2n) is 3.60. The van der Waals surface area contributed by atoms with Crippen molar-refractivity contribution in [2.75, 3.05) is 12.4 Å². The van der Waals surface area contributed by atoms with Gasteiger partial charge in [0.25, 0.3) is 11.6 Å². The topological polar surface area (TPSA) is 84.3 Å². The Morgan fingerprint density at radius 1 is 1.56 bits per heavy atom. The first-order valence-electron chi connectivity index (χ1n) is 5.22. The predicted octanol–water partition coefficient (Wildman–Crippen LogP) is 1.39. The lowest BCUT2D eigenvalue weighted by Gasteiger charge is -2.10. The number of hydrogen-bond acceptors (Lipinski definition) is 4. The van der Waals surface area contributed by atoms with Gasteiger partial charge in [-0.2, -0.15) is 0 Å². The molecule has 0 fully saturated rings. The lowest BCUT2D eigenvalue weighted by Crippen LogP contribution is -2.19. The van der Waals surface area contributed by atoms with Crippen molar-refractivity contribution in [2.24, 2.45) is 0 Å². The summed E-state index contributed by atoms with van der Waals surface area (Å²) in [7, 11) is 1.49. The first kappa shape index (κ1) is 13.5. The zero-order chi connectivity index (χ0) is 13.7. The molecule has 18 heavy (non-hydrogen) atoms. The van der Waals surface area contributed by atoms with E-state index in [9.17, 15) is 14.9 Å². The van der Waals surface area contributed by atoms with Crippen molar-refractivity contribution in [3.05, 3.63) is 33.9 Å². The van der Waals surface area contributed by atoms with Gasteiger partial charge in [0.2, 0.25) is 0 Å². The van der Waals surface area contributed by atoms with Crippen LogP contribution in [0.4, 0.5) is 11.4 Å². The van der Waals surface area contributed by atoms with Crippen LogP contribution < -0.4 is 10.6 Å². The van der Waals surface area contributed by atoms with Crippen LogP contribution in [0.1, 0.15) is 17.3 Å². The summed E-state index contributed by atoms with van der Waals surface area (Å²) in [6, 6.07) is 3.70. The molecule has 94 valence electrons. The Hall–Kier alpha value is -2.55. The molecule has 0 spiro atoms. The smallest absolute Gasteiger partial charge is 0.292 e. The standard InChI is InChI=1S/C12H13N3O3/c1-4-8(2)14-10-7-9(12(16)13-3)5-6-11(10)15(17)18/h1,5-8,14H,2-3H3,(H,13,16). The molecule has 0 saturated heterocycles. The van der Waals surface area contributed by atoms with E-state index in [0.29, 0.717) is 5.56 Å². The van der Waals surface area contributed by atoms with E-state index in [1.54, 1.807) is 6.92 Å². The Labute approximate surface area is 105 Å². The fraction of sp³-hybridized carbons (Fsp3) is 0.250. The van der Waals surface area contributed by atoms with Crippen LogP contribution in [0.2, 0.25) is 0 Å². The molecule has 1 aromatic rings. The molecule has 0 aliphatic rings. The number of anilines is 1. The molecule has 0 radical (unpaired) electrons. The highest BCUT2D eigenvalue weighted by Crippen LogP contribution is 2.26. The second kappa shape index (κ2) is 5.68. The summed E-state index contributed by atoms with van der Waals surface area (Å²) in [5.41, 5.74) is 0.436. The van der Waals surface area contributed by atoms with Gasteiger partial charge in [-0.15, -0.1) is 6.42 Å². The van der Waals surface area contributed by atoms with Gasteiger partial charge in [-0.05, 0) is 19.1 Å². The van der Waals surface area contributed by atoms with Crippen molar-refractivity contribution in [3.63, 3.8) is 0 Å². The SMILES string of the molecule is C#CC(C)Nc1cc(C(=O)NC)ccc1[N+](=O)[O-]. The van der Waals surface area contributed by atoms with Crippen LogP contribution in [0.5, 0.6) is 0 Å². The van der Waals surface area contributed by atoms with Crippen LogP contribution in [0.15, 0.2) is 18.2 Å². The number of terminal acetylenes is 1. The number of benzene rings is 1. The highest BCUT2D eigenvalue weighted by atomic mass is 16.6. The van der Waals surface area contributed by atoms with Gasteiger partial charge in [-0.25, -0.2) is 0 Å². The summed E-state index contributed by atoms with van der Waals surface area (Å²) in [5, 5.41) is 16.1. The number of nitrogens with one attached hydrogen (secondary N) is 2. The van der Waals surface area contributed by atoms with Gasteiger partial charge in [0.05, 0.1) is 11.0 Å². The Morgan fingerprint density at radius 3 is 2.72 bits per heavy atom. The molecule has 2 N–H and O–H groups in total. The van der Waals surface area contributed by atoms with E-state index in [0.717, 1.165) is 0 Å². The van der Waals surface area contributed by atoms with E-state index in [1.807, 2.05) is 0 Å². The summed E-state index contributed by atoms with van der Waals surface area (Å²) in [5.74, 6) is 2.09. The van der Waals surface area contributed by atoms with Gasteiger partial charge in [-0.3, -0.25) is 14.9 Å². The van der Waals surface area contributed by atoms with Crippen LogP contribution >= 0.6 is 0 Å². The molecular formula is C12H13N3O3. The molecule has 0 saturated carbocycles. The monoisotopic (exact) mass is 247 g/mol. The Morgan fingerprint density at radius 2 is 2.22 bits per heavy atom. The van der Waals surface area contributed by atoms with Crippen molar-refractivity contribution >= 4 is 17.3 Å². The molecule has 1 unspecified atom stereocenters. The van der Waals surface area contributed by atoms with Gasteiger partial charge in [0, 0.05) is 18.7 Å². The maximum atomic E-state index is 11.5. The summed E-state index contributed by atoms with van der Waals surface area (Å²) >= 11 is 0. The number of hydrogen-bond donors (Lipinski definition) is 2. The second-order valence-corrected chi connectivity index (χ2v) is 3.60. The normalized spacial score (nSPS) is 11.2. The highest BCUT2D eigenvalue weighted by Gasteiger charge is 2.17. The van der Waals surface area contributed by atoms with Gasteiger partial charge in [0.15, 0.2) is 0 Å². The van der Waals surface area contributed by atoms with E-state index >= 15 is 0 Å². The highest BCUT2D eigenvalue weighted by molar-refractivity contribution is 5.95. The average Bonchev–Trinajstić information content (AvgIpc) is 2.37. The number of carbonyl (C=O) groups is 1. The van der Waals surface area contributed by atoms with Crippen molar-refractivity contribution in [3.8, 4) is 12.3 Å². The van der Waals surface area contributed by atoms with E-state index in [1.165, 1.54) is 25.2 Å². The minimum Gasteiger partial charge on any atom is -0.366 e. The fourth-order valence-corrected chi connectivity index (χ4v) is 1.37. The number of nitro benzene ring substituents is 1. The fourth-order valence-electron chi connectivity index (χ4n) is 1.37. The van der Waals surface area contributed by atoms with Crippen LogP contribution in [-0.2, 0) is 0 Å². The van der Waals surface area contributed by atoms with Crippen LogP contribution in [0.25, 0.3) is 0 Å². The third kappa shape index (κ3) is 2.98. The first-order valence-corrected chi connectivity index (χ1v) is 5.22. The number of carbonyl (C=O) groups excluding carboxylic acids is 1. The maximum Gasteiger partial charge on any atom is 0.292 e. The molecule has 6 nitrogen and oxygen atoms in total. The number of rotatable bonds is 4. The minimum absolute atomic E-state index is 0.121. The molecule has 1 atom stereocenters. The third-order valence-electron chi connectivity index (χ3n) is 2.30. The van der Waals surface area contributed by atoms with E-state index in [2.05, 4.69) is 16.6 Å². The first-order chi connectivity index (χ1) is 8.49. The van der Waals surface area contributed by atoms with Crippen molar-refractivity contribution < 1.29 is 9.72 Å². The Bertz CT molecular complexity index is 520. The van der Waals surface area contributed by atoms with Crippen LogP contribution in [0.3, 0.4) is 0 Å². The van der Waals surface area contributed by atoms with Crippen LogP contribution in [0, 0.1) is 22.5 Å². The van der Waals surface area contributed by atoms with E-state index in [4.69, 9.17) is 6.42 Å². The summed E-state index contributed by atoms with van der Waals surface area (Å²) in [6.07, 6.45) is 5.21. The van der Waals surface area contributed by atoms with E-state index < -0.39 is 4.92 Å². The Kier molecular flexibility index (Phi) is 4.27. The van der Waals surface area contributed by atoms with Gasteiger partial charge in [-0.1, -0.05) is 5.92 Å². The van der Waals surface area contributed by atoms with Crippen molar-refractivity contribution in [1.29, 1.82) is 0 Å². The zero-order valence-corrected chi connectivity index (χ0v) is 10.1. The molecular weight excluding hydrogens is 234 g/mol. The molecule has 1 amide bonds. The summed E-state index contributed by atoms with van der Waals surface area (Å²) in [6.45, 7) is 1.69. The third-order valence-corrected chi connectivity index (χ3v) is 2.30. The number of nitrogens with zero attached hydrogens (tertiary/aromatic N) is 1. The lowest BCUT2D eigenvalue weighted by atomic mass is 10.1. The lowest BCUT2D eigenvalue weighted by molar-refractivity contribution is -0.384. The van der Waals surface area contributed by atoms with Gasteiger partial charge < -0.3 is 10.6 Å².